The highest BCUT2D eigenvalue weighted by molar-refractivity contribution is 5.35. The summed E-state index contributed by atoms with van der Waals surface area (Å²) in [5.74, 6) is 1.51. The largest absolute Gasteiger partial charge is 0.489 e. The molecular weight excluding hydrogens is 204 g/mol. The highest BCUT2D eigenvalue weighted by Crippen LogP contribution is 2.30. The van der Waals surface area contributed by atoms with Crippen molar-refractivity contribution in [2.45, 2.75) is 45.4 Å². The van der Waals surface area contributed by atoms with Gasteiger partial charge in [-0.05, 0) is 26.7 Å². The van der Waals surface area contributed by atoms with Gasteiger partial charge in [0.1, 0.15) is 11.5 Å². The third kappa shape index (κ3) is 2.85. The Morgan fingerprint density at radius 2 is 2.25 bits per heavy atom. The molecule has 1 aromatic heterocycles. The van der Waals surface area contributed by atoms with Crippen molar-refractivity contribution < 1.29 is 9.47 Å². The normalized spacial score (nSPS) is 15.2. The second-order valence-electron chi connectivity index (χ2n) is 4.30. The van der Waals surface area contributed by atoms with Crippen LogP contribution in [0.3, 0.4) is 0 Å². The number of pyridine rings is 1. The molecule has 0 amide bonds. The quantitative estimate of drug-likeness (QED) is 0.826. The number of nitrogens with zero attached hydrogens (tertiary/aromatic N) is 1. The van der Waals surface area contributed by atoms with Gasteiger partial charge in [0, 0.05) is 12.6 Å². The lowest BCUT2D eigenvalue weighted by molar-refractivity contribution is 0.237. The Labute approximate surface area is 95.8 Å². The van der Waals surface area contributed by atoms with Gasteiger partial charge in [-0.1, -0.05) is 0 Å². The molecule has 1 aliphatic carbocycles. The van der Waals surface area contributed by atoms with Crippen molar-refractivity contribution in [1.82, 2.24) is 4.98 Å². The van der Waals surface area contributed by atoms with Gasteiger partial charge in [0.2, 0.25) is 0 Å². The summed E-state index contributed by atoms with van der Waals surface area (Å²) in [4.78, 5) is 4.26. The van der Waals surface area contributed by atoms with E-state index in [0.29, 0.717) is 12.6 Å². The molecule has 2 N–H and O–H groups in total. The first-order chi connectivity index (χ1) is 7.69. The Kier molecular flexibility index (Phi) is 3.29. The molecule has 0 spiro atoms. The first kappa shape index (κ1) is 11.2. The van der Waals surface area contributed by atoms with Gasteiger partial charge in [-0.15, -0.1) is 0 Å². The molecule has 88 valence electrons. The predicted octanol–water partition coefficient (Wildman–Crippen LogP) is 1.87. The van der Waals surface area contributed by atoms with E-state index in [1.807, 2.05) is 19.9 Å². The van der Waals surface area contributed by atoms with Crippen LogP contribution in [0.4, 0.5) is 0 Å². The number of hydrogen-bond acceptors (Lipinski definition) is 4. The Morgan fingerprint density at radius 3 is 2.81 bits per heavy atom. The van der Waals surface area contributed by atoms with Crippen LogP contribution < -0.4 is 15.2 Å². The molecule has 0 aromatic carbocycles. The van der Waals surface area contributed by atoms with Crippen LogP contribution in [-0.4, -0.2) is 17.2 Å². The zero-order valence-corrected chi connectivity index (χ0v) is 9.77. The van der Waals surface area contributed by atoms with Crippen LogP contribution in [0.25, 0.3) is 0 Å². The highest BCUT2D eigenvalue weighted by atomic mass is 16.5. The second-order valence-corrected chi connectivity index (χ2v) is 4.30. The number of hydrogen-bond donors (Lipinski definition) is 1. The standard InChI is InChI=1S/C12H18N2O2/c1-8(2)15-10-5-12(16-9-3-4-9)11(6-13)14-7-10/h5,7-9H,3-4,6,13H2,1-2H3. The van der Waals surface area contributed by atoms with E-state index in [-0.39, 0.29) is 6.10 Å². The van der Waals surface area contributed by atoms with Crippen molar-refractivity contribution in [1.29, 1.82) is 0 Å². The van der Waals surface area contributed by atoms with Crippen molar-refractivity contribution in [3.05, 3.63) is 18.0 Å². The molecule has 1 fully saturated rings. The van der Waals surface area contributed by atoms with E-state index < -0.39 is 0 Å². The van der Waals surface area contributed by atoms with Crippen LogP contribution in [0.1, 0.15) is 32.4 Å². The first-order valence-corrected chi connectivity index (χ1v) is 5.71. The van der Waals surface area contributed by atoms with Gasteiger partial charge >= 0.3 is 0 Å². The Bertz CT molecular complexity index is 362. The van der Waals surface area contributed by atoms with E-state index >= 15 is 0 Å². The topological polar surface area (TPSA) is 57.4 Å². The lowest BCUT2D eigenvalue weighted by Gasteiger charge is -2.13. The molecule has 4 heteroatoms. The second kappa shape index (κ2) is 4.70. The van der Waals surface area contributed by atoms with Crippen LogP contribution in [-0.2, 0) is 6.54 Å². The molecule has 1 saturated carbocycles. The maximum atomic E-state index is 5.75. The summed E-state index contributed by atoms with van der Waals surface area (Å²) in [5.41, 5.74) is 6.41. The van der Waals surface area contributed by atoms with Crippen LogP contribution in [0.15, 0.2) is 12.3 Å². The molecule has 2 rings (SSSR count). The molecule has 0 unspecified atom stereocenters. The summed E-state index contributed by atoms with van der Waals surface area (Å²) < 4.78 is 11.3. The average Bonchev–Trinajstić information content (AvgIpc) is 3.01. The third-order valence-corrected chi connectivity index (χ3v) is 2.29. The molecule has 0 bridgehead atoms. The Morgan fingerprint density at radius 1 is 1.50 bits per heavy atom. The summed E-state index contributed by atoms with van der Waals surface area (Å²) in [6.45, 7) is 4.36. The summed E-state index contributed by atoms with van der Waals surface area (Å²) >= 11 is 0. The number of rotatable bonds is 5. The van der Waals surface area contributed by atoms with Crippen LogP contribution in [0.2, 0.25) is 0 Å². The molecule has 0 atom stereocenters. The lowest BCUT2D eigenvalue weighted by atomic mass is 10.3. The van der Waals surface area contributed by atoms with Gasteiger partial charge in [0.25, 0.3) is 0 Å². The minimum atomic E-state index is 0.138. The Hall–Kier alpha value is -1.29. The summed E-state index contributed by atoms with van der Waals surface area (Å²) in [6, 6.07) is 1.88. The fourth-order valence-corrected chi connectivity index (χ4v) is 1.41. The summed E-state index contributed by atoms with van der Waals surface area (Å²) in [5, 5.41) is 0. The third-order valence-electron chi connectivity index (χ3n) is 2.29. The van der Waals surface area contributed by atoms with E-state index in [1.165, 1.54) is 0 Å². The molecule has 4 nitrogen and oxygen atoms in total. The monoisotopic (exact) mass is 222 g/mol. The molecule has 0 aliphatic heterocycles. The van der Waals surface area contributed by atoms with E-state index in [0.717, 1.165) is 30.0 Å². The fourth-order valence-electron chi connectivity index (χ4n) is 1.41. The highest BCUT2D eigenvalue weighted by Gasteiger charge is 2.25. The van der Waals surface area contributed by atoms with Gasteiger partial charge in [0.05, 0.1) is 24.1 Å². The maximum absolute atomic E-state index is 5.75. The minimum absolute atomic E-state index is 0.138. The molecule has 1 aliphatic rings. The smallest absolute Gasteiger partial charge is 0.146 e. The van der Waals surface area contributed by atoms with Crippen molar-refractivity contribution in [2.24, 2.45) is 5.73 Å². The van der Waals surface area contributed by atoms with Crippen molar-refractivity contribution >= 4 is 0 Å². The first-order valence-electron chi connectivity index (χ1n) is 5.71. The Balaban J connectivity index is 2.15. The average molecular weight is 222 g/mol. The predicted molar refractivity (Wildman–Crippen MR) is 61.5 cm³/mol. The molecule has 0 saturated heterocycles. The van der Waals surface area contributed by atoms with E-state index in [2.05, 4.69) is 4.98 Å². The zero-order chi connectivity index (χ0) is 11.5. The van der Waals surface area contributed by atoms with Crippen LogP contribution in [0.5, 0.6) is 11.5 Å². The van der Waals surface area contributed by atoms with E-state index in [9.17, 15) is 0 Å². The number of aromatic nitrogens is 1. The summed E-state index contributed by atoms with van der Waals surface area (Å²) in [6.07, 6.45) is 4.43. The van der Waals surface area contributed by atoms with Gasteiger partial charge in [-0.3, -0.25) is 4.98 Å². The molecule has 16 heavy (non-hydrogen) atoms. The minimum Gasteiger partial charge on any atom is -0.489 e. The van der Waals surface area contributed by atoms with Crippen LogP contribution in [0, 0.1) is 0 Å². The van der Waals surface area contributed by atoms with E-state index in [4.69, 9.17) is 15.2 Å². The molecule has 1 aromatic rings. The SMILES string of the molecule is CC(C)Oc1cnc(CN)c(OC2CC2)c1. The van der Waals surface area contributed by atoms with Gasteiger partial charge in [-0.25, -0.2) is 0 Å². The molecular formula is C12H18N2O2. The van der Waals surface area contributed by atoms with Crippen molar-refractivity contribution in [3.8, 4) is 11.5 Å². The van der Waals surface area contributed by atoms with Gasteiger partial charge in [0.15, 0.2) is 0 Å². The molecule has 0 radical (unpaired) electrons. The summed E-state index contributed by atoms with van der Waals surface area (Å²) in [7, 11) is 0. The maximum Gasteiger partial charge on any atom is 0.146 e. The van der Waals surface area contributed by atoms with Gasteiger partial charge in [-0.2, -0.15) is 0 Å². The molecule has 1 heterocycles. The fraction of sp³-hybridized carbons (Fsp3) is 0.583. The van der Waals surface area contributed by atoms with Crippen molar-refractivity contribution in [3.63, 3.8) is 0 Å². The lowest BCUT2D eigenvalue weighted by Crippen LogP contribution is -2.09. The van der Waals surface area contributed by atoms with Crippen LogP contribution >= 0.6 is 0 Å². The van der Waals surface area contributed by atoms with E-state index in [1.54, 1.807) is 6.20 Å². The number of nitrogens with two attached hydrogens (primary N) is 1. The van der Waals surface area contributed by atoms with Gasteiger partial charge < -0.3 is 15.2 Å². The zero-order valence-electron chi connectivity index (χ0n) is 9.77. The number of ether oxygens (including phenoxy) is 2. The van der Waals surface area contributed by atoms with Crippen molar-refractivity contribution in [2.75, 3.05) is 0 Å².